The zero-order chi connectivity index (χ0) is 13.5. The lowest BCUT2D eigenvalue weighted by atomic mass is 10.1. The Labute approximate surface area is 115 Å². The van der Waals surface area contributed by atoms with Gasteiger partial charge in [-0.3, -0.25) is 0 Å². The van der Waals surface area contributed by atoms with E-state index < -0.39 is 0 Å². The molecule has 0 heterocycles. The van der Waals surface area contributed by atoms with Crippen LogP contribution in [-0.4, -0.2) is 0 Å². The van der Waals surface area contributed by atoms with Gasteiger partial charge in [-0.2, -0.15) is 0 Å². The third-order valence-electron chi connectivity index (χ3n) is 2.92. The Morgan fingerprint density at radius 2 is 1.42 bits per heavy atom. The van der Waals surface area contributed by atoms with Gasteiger partial charge in [-0.1, -0.05) is 72.8 Å². The van der Waals surface area contributed by atoms with Gasteiger partial charge in [0.15, 0.2) is 0 Å². The second kappa shape index (κ2) is 6.58. The lowest BCUT2D eigenvalue weighted by Gasteiger charge is -1.97. The molecule has 0 aliphatic heterocycles. The van der Waals surface area contributed by atoms with Gasteiger partial charge >= 0.3 is 0 Å². The number of rotatable bonds is 3. The molecule has 0 saturated carbocycles. The van der Waals surface area contributed by atoms with E-state index in [0.717, 1.165) is 11.1 Å². The first-order valence-electron chi connectivity index (χ1n) is 6.48. The Bertz CT molecular complexity index is 610. The Kier molecular flexibility index (Phi) is 4.55. The molecule has 0 unspecified atom stereocenters. The van der Waals surface area contributed by atoms with Crippen molar-refractivity contribution in [3.63, 3.8) is 0 Å². The Morgan fingerprint density at radius 3 is 2.05 bits per heavy atom. The first kappa shape index (κ1) is 13.1. The van der Waals surface area contributed by atoms with Crippen LogP contribution in [0.2, 0.25) is 0 Å². The Hall–Kier alpha value is -2.30. The molecule has 0 spiro atoms. The van der Waals surface area contributed by atoms with Crippen molar-refractivity contribution < 1.29 is 0 Å². The third-order valence-corrected chi connectivity index (χ3v) is 2.92. The quantitative estimate of drug-likeness (QED) is 0.506. The zero-order valence-corrected chi connectivity index (χ0v) is 11.4. The van der Waals surface area contributed by atoms with Crippen LogP contribution in [0.5, 0.6) is 0 Å². The number of allylic oxidation sites excluding steroid dienone is 2. The van der Waals surface area contributed by atoms with E-state index in [0.29, 0.717) is 0 Å². The largest absolute Gasteiger partial charge is 0.114 e. The van der Waals surface area contributed by atoms with Crippen LogP contribution >= 0.6 is 0 Å². The molecule has 0 N–H and O–H groups in total. The van der Waals surface area contributed by atoms with E-state index >= 15 is 0 Å². The normalized spacial score (nSPS) is 10.2. The highest BCUT2D eigenvalue weighted by atomic mass is 14.0. The molecule has 0 bridgehead atoms. The minimum atomic E-state index is 1.13. The van der Waals surface area contributed by atoms with Crippen molar-refractivity contribution in [2.24, 2.45) is 0 Å². The number of benzene rings is 2. The molecule has 2 aromatic carbocycles. The van der Waals surface area contributed by atoms with Gasteiger partial charge in [-0.15, -0.1) is 5.73 Å². The van der Waals surface area contributed by atoms with E-state index in [1.807, 2.05) is 24.3 Å². The molecular weight excluding hydrogens is 228 g/mol. The summed E-state index contributed by atoms with van der Waals surface area (Å²) in [6.45, 7) is 4.17. The molecule has 94 valence electrons. The van der Waals surface area contributed by atoms with E-state index in [4.69, 9.17) is 0 Å². The van der Waals surface area contributed by atoms with Gasteiger partial charge in [-0.25, -0.2) is 0 Å². The first-order valence-corrected chi connectivity index (χ1v) is 6.48. The van der Waals surface area contributed by atoms with Crippen LogP contribution in [0.3, 0.4) is 0 Å². The van der Waals surface area contributed by atoms with Crippen molar-refractivity contribution in [3.8, 4) is 0 Å². The summed E-state index contributed by atoms with van der Waals surface area (Å²) in [5.41, 5.74) is 8.13. The summed E-state index contributed by atoms with van der Waals surface area (Å²) in [5.74, 6) is 0. The summed E-state index contributed by atoms with van der Waals surface area (Å²) < 4.78 is 0. The minimum absolute atomic E-state index is 1.13. The summed E-state index contributed by atoms with van der Waals surface area (Å²) in [5, 5.41) is 0. The molecule has 0 aromatic heterocycles. The van der Waals surface area contributed by atoms with Gasteiger partial charge in [0.05, 0.1) is 0 Å². The van der Waals surface area contributed by atoms with Crippen LogP contribution in [0.4, 0.5) is 0 Å². The minimum Gasteiger partial charge on any atom is -0.114 e. The highest BCUT2D eigenvalue weighted by Crippen LogP contribution is 2.13. The topological polar surface area (TPSA) is 0 Å². The van der Waals surface area contributed by atoms with Gasteiger partial charge in [0, 0.05) is 0 Å². The molecule has 19 heavy (non-hydrogen) atoms. The molecule has 0 aliphatic carbocycles. The van der Waals surface area contributed by atoms with Crippen molar-refractivity contribution in [2.45, 2.75) is 13.8 Å². The second-order valence-electron chi connectivity index (χ2n) is 4.54. The summed E-state index contributed by atoms with van der Waals surface area (Å²) in [6, 6.07) is 20.7. The van der Waals surface area contributed by atoms with Crippen molar-refractivity contribution in [1.29, 1.82) is 0 Å². The molecular formula is C19H18. The van der Waals surface area contributed by atoms with Crippen molar-refractivity contribution in [2.75, 3.05) is 0 Å². The van der Waals surface area contributed by atoms with Gasteiger partial charge in [-0.05, 0) is 36.1 Å². The van der Waals surface area contributed by atoms with Crippen molar-refractivity contribution in [1.82, 2.24) is 0 Å². The van der Waals surface area contributed by atoms with Crippen LogP contribution < -0.4 is 0 Å². The van der Waals surface area contributed by atoms with E-state index in [2.05, 4.69) is 68.1 Å². The van der Waals surface area contributed by atoms with E-state index in [1.54, 1.807) is 0 Å². The molecule has 0 fully saturated rings. The maximum absolute atomic E-state index is 3.41. The Balaban J connectivity index is 2.21. The van der Waals surface area contributed by atoms with E-state index in [1.165, 1.54) is 11.1 Å². The smallest absolute Gasteiger partial charge is 0.00162 e. The van der Waals surface area contributed by atoms with Gasteiger partial charge in [0.25, 0.3) is 0 Å². The predicted molar refractivity (Wildman–Crippen MR) is 83.7 cm³/mol. The fourth-order valence-corrected chi connectivity index (χ4v) is 1.88. The molecule has 0 amide bonds. The van der Waals surface area contributed by atoms with Gasteiger partial charge < -0.3 is 0 Å². The summed E-state index contributed by atoms with van der Waals surface area (Å²) in [4.78, 5) is 0. The molecule has 0 heteroatoms. The zero-order valence-electron chi connectivity index (χ0n) is 11.4. The third kappa shape index (κ3) is 4.13. The fraction of sp³-hybridized carbons (Fsp3) is 0.105. The highest BCUT2D eigenvalue weighted by Gasteiger charge is 1.91. The second-order valence-corrected chi connectivity index (χ2v) is 4.54. The molecule has 0 aliphatic rings. The maximum atomic E-state index is 3.41. The average molecular weight is 246 g/mol. The molecule has 0 atom stereocenters. The molecule has 0 radical (unpaired) electrons. The van der Waals surface area contributed by atoms with Crippen LogP contribution in [0.1, 0.15) is 25.0 Å². The van der Waals surface area contributed by atoms with Gasteiger partial charge in [0.2, 0.25) is 0 Å². The molecule has 0 saturated heterocycles. The van der Waals surface area contributed by atoms with E-state index in [-0.39, 0.29) is 0 Å². The van der Waals surface area contributed by atoms with Crippen LogP contribution in [0, 0.1) is 0 Å². The first-order chi connectivity index (χ1) is 9.25. The lowest BCUT2D eigenvalue weighted by molar-refractivity contribution is 1.52. The summed E-state index contributed by atoms with van der Waals surface area (Å²) >= 11 is 0. The average Bonchev–Trinajstić information content (AvgIpc) is 2.47. The van der Waals surface area contributed by atoms with Crippen LogP contribution in [0.15, 0.2) is 78.0 Å². The molecule has 2 rings (SSSR count). The van der Waals surface area contributed by atoms with Crippen LogP contribution in [0.25, 0.3) is 11.6 Å². The van der Waals surface area contributed by atoms with Crippen molar-refractivity contribution >= 4 is 11.6 Å². The fourth-order valence-electron chi connectivity index (χ4n) is 1.88. The number of hydrogen-bond acceptors (Lipinski definition) is 0. The van der Waals surface area contributed by atoms with Crippen LogP contribution in [-0.2, 0) is 0 Å². The lowest BCUT2D eigenvalue weighted by Crippen LogP contribution is -1.76. The monoisotopic (exact) mass is 246 g/mol. The standard InChI is InChI=1S/C19H18/c1-16(13-14-18-9-5-3-6-10-18)15-17(2)19-11-7-4-8-12-19/h3-14H,1-2H3/b14-13+. The predicted octanol–water partition coefficient (Wildman–Crippen LogP) is 5.35. The van der Waals surface area contributed by atoms with Gasteiger partial charge in [0.1, 0.15) is 0 Å². The Morgan fingerprint density at radius 1 is 0.842 bits per heavy atom. The SMILES string of the molecule is CC(=C=C(C)c1ccccc1)/C=C/c1ccccc1. The number of hydrogen-bond donors (Lipinski definition) is 0. The summed E-state index contributed by atoms with van der Waals surface area (Å²) in [6.07, 6.45) is 4.21. The summed E-state index contributed by atoms with van der Waals surface area (Å²) in [7, 11) is 0. The van der Waals surface area contributed by atoms with E-state index in [9.17, 15) is 0 Å². The van der Waals surface area contributed by atoms with Crippen molar-refractivity contribution in [3.05, 3.63) is 89.2 Å². The molecule has 0 nitrogen and oxygen atoms in total. The maximum Gasteiger partial charge on any atom is -0.00162 e. The molecule has 2 aromatic rings. The highest BCUT2D eigenvalue weighted by molar-refractivity contribution is 5.64.